The molecule has 0 spiro atoms. The van der Waals surface area contributed by atoms with E-state index in [9.17, 15) is 14.0 Å². The summed E-state index contributed by atoms with van der Waals surface area (Å²) in [6.45, 7) is 2.32. The maximum atomic E-state index is 14.4. The topological polar surface area (TPSA) is 132 Å². The predicted molar refractivity (Wildman–Crippen MR) is 137 cm³/mol. The fourth-order valence-corrected chi connectivity index (χ4v) is 4.60. The summed E-state index contributed by atoms with van der Waals surface area (Å²) in [5, 5.41) is 15.5. The Bertz CT molecular complexity index is 1480. The van der Waals surface area contributed by atoms with Crippen molar-refractivity contribution < 1.29 is 18.7 Å². The Labute approximate surface area is 217 Å². The number of amides is 2. The Kier molecular flexibility index (Phi) is 7.01. The lowest BCUT2D eigenvalue weighted by Crippen LogP contribution is -2.41. The van der Waals surface area contributed by atoms with E-state index >= 15 is 0 Å². The summed E-state index contributed by atoms with van der Waals surface area (Å²) in [5.74, 6) is 0.0117. The van der Waals surface area contributed by atoms with Gasteiger partial charge in [-0.3, -0.25) is 14.3 Å². The molecule has 2 N–H and O–H groups in total. The minimum atomic E-state index is -0.435. The van der Waals surface area contributed by atoms with Gasteiger partial charge in [0.05, 0.1) is 36.6 Å². The Morgan fingerprint density at radius 2 is 2.05 bits per heavy atom. The highest BCUT2D eigenvalue weighted by molar-refractivity contribution is 5.95. The van der Waals surface area contributed by atoms with Gasteiger partial charge in [-0.2, -0.15) is 15.2 Å². The van der Waals surface area contributed by atoms with Crippen molar-refractivity contribution >= 4 is 40.2 Å². The summed E-state index contributed by atoms with van der Waals surface area (Å²) in [6, 6.07) is 4.55. The fraction of sp³-hybridized carbons (Fsp3) is 0.360. The first-order valence-electron chi connectivity index (χ1n) is 11.9. The van der Waals surface area contributed by atoms with Crippen LogP contribution in [0.5, 0.6) is 0 Å². The lowest BCUT2D eigenvalue weighted by molar-refractivity contribution is -0.125. The number of morpholine rings is 1. The van der Waals surface area contributed by atoms with E-state index in [1.165, 1.54) is 17.0 Å². The molecule has 2 saturated heterocycles. The molecule has 2 fully saturated rings. The van der Waals surface area contributed by atoms with Crippen LogP contribution in [-0.2, 0) is 27.4 Å². The van der Waals surface area contributed by atoms with Crippen molar-refractivity contribution in [1.29, 1.82) is 0 Å². The number of halogens is 1. The first-order chi connectivity index (χ1) is 18.0. The van der Waals surface area contributed by atoms with Crippen LogP contribution in [0.2, 0.25) is 0 Å². The molecule has 1 aromatic carbocycles. The maximum Gasteiger partial charge on any atom is 0.253 e. The summed E-state index contributed by atoms with van der Waals surface area (Å²) in [7, 11) is 0. The Hall–Kier alpha value is -4.39. The number of nitrogens with one attached hydrogen (secondary N) is 2. The van der Waals surface area contributed by atoms with E-state index < -0.39 is 5.82 Å². The highest BCUT2D eigenvalue weighted by Gasteiger charge is 2.23. The van der Waals surface area contributed by atoms with Crippen molar-refractivity contribution in [2.24, 2.45) is 5.92 Å². The first kappa shape index (κ1) is 25.3. The van der Waals surface area contributed by atoms with Crippen LogP contribution in [0.3, 0.4) is 0 Å². The molecule has 1 atom stereocenters. The number of nitrogens with zero attached hydrogens (tertiary/aromatic N) is 7. The molecule has 198 valence electrons. The zero-order chi connectivity index (χ0) is 25.4. The molecule has 0 saturated carbocycles. The minimum Gasteiger partial charge on any atom is -0.370 e. The van der Waals surface area contributed by atoms with Crippen LogP contribution in [0.4, 0.5) is 21.7 Å². The SMILES string of the molecule is C.O=C1CC(Cn2cc(Nc3ncc4cnn(Cc5cc(F)cc(N6CCOCC6=O)c5)c4n3)cn2)CN1. The molecular weight excluding hydrogens is 493 g/mol. The maximum absolute atomic E-state index is 14.4. The van der Waals surface area contributed by atoms with Gasteiger partial charge in [0.15, 0.2) is 5.65 Å². The molecule has 5 heterocycles. The Balaban J connectivity index is 0.00000294. The lowest BCUT2D eigenvalue weighted by Gasteiger charge is -2.27. The summed E-state index contributed by atoms with van der Waals surface area (Å²) in [4.78, 5) is 34.1. The molecule has 0 aliphatic carbocycles. The fourth-order valence-electron chi connectivity index (χ4n) is 4.60. The van der Waals surface area contributed by atoms with Crippen LogP contribution in [0.1, 0.15) is 19.4 Å². The van der Waals surface area contributed by atoms with Gasteiger partial charge in [-0.1, -0.05) is 7.43 Å². The van der Waals surface area contributed by atoms with Crippen LogP contribution >= 0.6 is 0 Å². The van der Waals surface area contributed by atoms with E-state index in [4.69, 9.17) is 4.74 Å². The van der Waals surface area contributed by atoms with E-state index in [1.54, 1.807) is 34.0 Å². The number of benzene rings is 1. The van der Waals surface area contributed by atoms with E-state index in [1.807, 2.05) is 6.20 Å². The summed E-state index contributed by atoms with van der Waals surface area (Å²) in [5.41, 5.74) is 2.43. The molecule has 0 bridgehead atoms. The summed E-state index contributed by atoms with van der Waals surface area (Å²) in [6.07, 6.45) is 7.34. The van der Waals surface area contributed by atoms with Gasteiger partial charge in [0.1, 0.15) is 12.4 Å². The number of fused-ring (bicyclic) bond motifs is 1. The monoisotopic (exact) mass is 521 g/mol. The number of hydrogen-bond donors (Lipinski definition) is 2. The molecule has 0 radical (unpaired) electrons. The molecule has 4 aromatic rings. The van der Waals surface area contributed by atoms with Crippen molar-refractivity contribution in [3.8, 4) is 0 Å². The average molecular weight is 522 g/mol. The van der Waals surface area contributed by atoms with E-state index in [-0.39, 0.29) is 38.3 Å². The number of aromatic nitrogens is 6. The van der Waals surface area contributed by atoms with Gasteiger partial charge < -0.3 is 20.3 Å². The Morgan fingerprint density at radius 3 is 2.87 bits per heavy atom. The molecule has 38 heavy (non-hydrogen) atoms. The zero-order valence-electron chi connectivity index (χ0n) is 19.8. The number of carbonyl (C=O) groups is 2. The van der Waals surface area contributed by atoms with Gasteiger partial charge in [0.2, 0.25) is 11.9 Å². The molecule has 13 heteroatoms. The average Bonchev–Trinajstić information content (AvgIpc) is 3.60. The highest BCUT2D eigenvalue weighted by atomic mass is 19.1. The van der Waals surface area contributed by atoms with Crippen LogP contribution in [0.25, 0.3) is 11.0 Å². The molecule has 2 amide bonds. The highest BCUT2D eigenvalue weighted by Crippen LogP contribution is 2.23. The van der Waals surface area contributed by atoms with Crippen molar-refractivity contribution in [1.82, 2.24) is 34.8 Å². The van der Waals surface area contributed by atoms with Gasteiger partial charge in [0.25, 0.3) is 5.91 Å². The van der Waals surface area contributed by atoms with Crippen molar-refractivity contribution in [2.45, 2.75) is 26.9 Å². The van der Waals surface area contributed by atoms with Crippen LogP contribution in [-0.4, -0.2) is 67.6 Å². The molecule has 12 nitrogen and oxygen atoms in total. The standard InChI is InChI=1S/C24H24FN9O3.CH4/c25-18-3-15(4-20(6-18)33-1-2-37-14-22(33)36)12-34-23-17(9-29-34)8-27-24(31-23)30-19-10-28-32(13-19)11-16-5-21(35)26-7-16;/h3-4,6,8-10,13,16H,1-2,5,7,11-12,14H2,(H,26,35)(H,27,30,31);1H4. The van der Waals surface area contributed by atoms with Gasteiger partial charge >= 0.3 is 0 Å². The van der Waals surface area contributed by atoms with Crippen LogP contribution in [0.15, 0.2) is 43.0 Å². The normalized spacial score (nSPS) is 17.5. The van der Waals surface area contributed by atoms with Gasteiger partial charge in [-0.15, -0.1) is 0 Å². The van der Waals surface area contributed by atoms with E-state index in [0.717, 1.165) is 5.39 Å². The second-order valence-corrected chi connectivity index (χ2v) is 9.14. The smallest absolute Gasteiger partial charge is 0.253 e. The van der Waals surface area contributed by atoms with Crippen LogP contribution < -0.4 is 15.5 Å². The van der Waals surface area contributed by atoms with Crippen molar-refractivity contribution in [2.75, 3.05) is 36.5 Å². The second-order valence-electron chi connectivity index (χ2n) is 9.14. The van der Waals surface area contributed by atoms with Gasteiger partial charge in [-0.25, -0.2) is 14.1 Å². The van der Waals surface area contributed by atoms with E-state index in [0.29, 0.717) is 61.2 Å². The number of carbonyl (C=O) groups excluding carboxylic acids is 2. The van der Waals surface area contributed by atoms with Crippen LogP contribution in [0, 0.1) is 11.7 Å². The zero-order valence-corrected chi connectivity index (χ0v) is 19.8. The molecule has 2 aliphatic rings. The third-order valence-electron chi connectivity index (χ3n) is 6.35. The Morgan fingerprint density at radius 1 is 1.16 bits per heavy atom. The molecule has 2 aliphatic heterocycles. The number of anilines is 3. The minimum absolute atomic E-state index is 0. The second kappa shape index (κ2) is 10.5. The number of hydrogen-bond acceptors (Lipinski definition) is 8. The summed E-state index contributed by atoms with van der Waals surface area (Å²) >= 11 is 0. The molecule has 6 rings (SSSR count). The molecular formula is C25H28FN9O3. The third kappa shape index (κ3) is 5.32. The van der Waals surface area contributed by atoms with Gasteiger partial charge in [0, 0.05) is 50.1 Å². The van der Waals surface area contributed by atoms with Crippen molar-refractivity contribution in [3.05, 3.63) is 54.4 Å². The number of ether oxygens (including phenoxy) is 1. The summed E-state index contributed by atoms with van der Waals surface area (Å²) < 4.78 is 23.1. The van der Waals surface area contributed by atoms with Crippen molar-refractivity contribution in [3.63, 3.8) is 0 Å². The third-order valence-corrected chi connectivity index (χ3v) is 6.35. The molecule has 1 unspecified atom stereocenters. The van der Waals surface area contributed by atoms with Gasteiger partial charge in [-0.05, 0) is 23.8 Å². The molecule has 3 aromatic heterocycles. The predicted octanol–water partition coefficient (Wildman–Crippen LogP) is 2.09. The first-order valence-corrected chi connectivity index (χ1v) is 11.9. The largest absolute Gasteiger partial charge is 0.370 e. The quantitative estimate of drug-likeness (QED) is 0.378. The lowest BCUT2D eigenvalue weighted by atomic mass is 10.1. The number of rotatable bonds is 7. The van der Waals surface area contributed by atoms with E-state index in [2.05, 4.69) is 30.8 Å².